The van der Waals surface area contributed by atoms with Gasteiger partial charge in [-0.25, -0.2) is 9.97 Å². The highest BCUT2D eigenvalue weighted by Gasteiger charge is 2.37. The molecule has 1 amide bonds. The van der Waals surface area contributed by atoms with Crippen LogP contribution in [0, 0.1) is 0 Å². The Kier molecular flexibility index (Phi) is 5.71. The van der Waals surface area contributed by atoms with Crippen molar-refractivity contribution in [2.24, 2.45) is 0 Å². The molecule has 2 aliphatic rings. The molecule has 33 heavy (non-hydrogen) atoms. The van der Waals surface area contributed by atoms with E-state index < -0.39 is 5.97 Å². The summed E-state index contributed by atoms with van der Waals surface area (Å²) in [5, 5.41) is 4.64. The molecular formula is C22H22N6O4S. The van der Waals surface area contributed by atoms with Gasteiger partial charge in [0.05, 0.1) is 0 Å². The first-order valence-electron chi connectivity index (χ1n) is 10.6. The van der Waals surface area contributed by atoms with Crippen LogP contribution in [0.15, 0.2) is 40.1 Å². The Labute approximate surface area is 194 Å². The van der Waals surface area contributed by atoms with E-state index in [9.17, 15) is 9.59 Å². The fraction of sp³-hybridized carbons (Fsp3) is 0.364. The number of hydrogen-bond donors (Lipinski definition) is 0. The van der Waals surface area contributed by atoms with Crippen LogP contribution in [0.5, 0.6) is 0 Å². The molecule has 5 rings (SSSR count). The number of carbonyl (C=O) groups is 2. The Bertz CT molecular complexity index is 1220. The van der Waals surface area contributed by atoms with Gasteiger partial charge >= 0.3 is 5.97 Å². The maximum Gasteiger partial charge on any atom is 0.303 e. The van der Waals surface area contributed by atoms with E-state index in [-0.39, 0.29) is 24.4 Å². The maximum absolute atomic E-state index is 13.6. The molecule has 170 valence electrons. The van der Waals surface area contributed by atoms with Crippen molar-refractivity contribution in [3.63, 3.8) is 0 Å². The molecule has 0 N–H and O–H groups in total. The van der Waals surface area contributed by atoms with Gasteiger partial charge in [-0.3, -0.25) is 9.59 Å². The zero-order valence-electron chi connectivity index (χ0n) is 18.2. The first-order chi connectivity index (χ1) is 16.0. The van der Waals surface area contributed by atoms with Crippen LogP contribution in [0.25, 0.3) is 11.4 Å². The summed E-state index contributed by atoms with van der Waals surface area (Å²) in [4.78, 5) is 41.9. The molecular weight excluding hydrogens is 444 g/mol. The monoisotopic (exact) mass is 466 g/mol. The number of carbonyl (C=O) groups excluding carboxylic acids is 2. The normalized spacial score (nSPS) is 17.5. The van der Waals surface area contributed by atoms with Crippen molar-refractivity contribution in [3.05, 3.63) is 41.9 Å². The Morgan fingerprint density at radius 2 is 2.21 bits per heavy atom. The number of amides is 1. The fourth-order valence-electron chi connectivity index (χ4n) is 4.20. The van der Waals surface area contributed by atoms with Gasteiger partial charge in [-0.1, -0.05) is 29.1 Å². The van der Waals surface area contributed by atoms with Gasteiger partial charge in [0.25, 0.3) is 11.8 Å². The summed E-state index contributed by atoms with van der Waals surface area (Å²) in [6.45, 7) is 2.66. The molecule has 1 atom stereocenters. The van der Waals surface area contributed by atoms with E-state index >= 15 is 0 Å². The van der Waals surface area contributed by atoms with Gasteiger partial charge in [-0.15, -0.1) is 0 Å². The van der Waals surface area contributed by atoms with Crippen molar-refractivity contribution in [2.75, 3.05) is 29.1 Å². The largest absolute Gasteiger partial charge is 0.456 e. The lowest BCUT2D eigenvalue weighted by Crippen LogP contribution is -2.39. The molecule has 10 nitrogen and oxygen atoms in total. The van der Waals surface area contributed by atoms with Gasteiger partial charge < -0.3 is 19.1 Å². The lowest BCUT2D eigenvalue weighted by atomic mass is 10.1. The van der Waals surface area contributed by atoms with Gasteiger partial charge in [0.15, 0.2) is 11.8 Å². The summed E-state index contributed by atoms with van der Waals surface area (Å²) in [6.07, 6.45) is 5.61. The van der Waals surface area contributed by atoms with Gasteiger partial charge in [0.1, 0.15) is 11.4 Å². The van der Waals surface area contributed by atoms with Gasteiger partial charge in [0, 0.05) is 43.5 Å². The molecule has 2 aliphatic heterocycles. The summed E-state index contributed by atoms with van der Waals surface area (Å²) < 4.78 is 10.1. The minimum absolute atomic E-state index is 0.0844. The van der Waals surface area contributed by atoms with Crippen LogP contribution in [0.2, 0.25) is 0 Å². The summed E-state index contributed by atoms with van der Waals surface area (Å²) in [5.41, 5.74) is 1.93. The Balaban J connectivity index is 1.48. The van der Waals surface area contributed by atoms with Crippen LogP contribution in [-0.2, 0) is 16.1 Å². The second kappa shape index (κ2) is 8.81. The number of anilines is 2. The van der Waals surface area contributed by atoms with Crippen LogP contribution in [0.1, 0.15) is 36.0 Å². The minimum Gasteiger partial charge on any atom is -0.456 e. The van der Waals surface area contributed by atoms with Crippen molar-refractivity contribution in [1.29, 1.82) is 0 Å². The average Bonchev–Trinajstić information content (AvgIpc) is 3.48. The Hall–Kier alpha value is -3.47. The van der Waals surface area contributed by atoms with Crippen LogP contribution in [0.4, 0.5) is 11.5 Å². The number of ether oxygens (including phenoxy) is 1. The number of aromatic nitrogens is 4. The number of benzene rings is 1. The van der Waals surface area contributed by atoms with Crippen molar-refractivity contribution in [1.82, 2.24) is 20.1 Å². The molecule has 0 unspecified atom stereocenters. The van der Waals surface area contributed by atoms with Crippen molar-refractivity contribution in [3.8, 4) is 11.4 Å². The van der Waals surface area contributed by atoms with E-state index in [1.54, 1.807) is 11.1 Å². The van der Waals surface area contributed by atoms with Crippen molar-refractivity contribution in [2.45, 2.75) is 37.6 Å². The van der Waals surface area contributed by atoms with Crippen LogP contribution in [0.3, 0.4) is 0 Å². The lowest BCUT2D eigenvalue weighted by Gasteiger charge is -2.27. The summed E-state index contributed by atoms with van der Waals surface area (Å²) in [5.74, 6) is 0.721. The van der Waals surface area contributed by atoms with E-state index in [0.717, 1.165) is 25.1 Å². The molecule has 0 radical (unpaired) electrons. The van der Waals surface area contributed by atoms with Gasteiger partial charge in [-0.05, 0) is 31.2 Å². The molecule has 0 saturated carbocycles. The quantitative estimate of drug-likeness (QED) is 0.316. The molecule has 1 saturated heterocycles. The maximum atomic E-state index is 13.6. The molecule has 1 aromatic carbocycles. The van der Waals surface area contributed by atoms with E-state index in [1.165, 1.54) is 18.7 Å². The third kappa shape index (κ3) is 4.15. The van der Waals surface area contributed by atoms with E-state index in [1.807, 2.05) is 30.5 Å². The van der Waals surface area contributed by atoms with E-state index in [0.29, 0.717) is 34.5 Å². The topological polar surface area (TPSA) is 115 Å². The fourth-order valence-corrected chi connectivity index (χ4v) is 4.53. The molecule has 0 aliphatic carbocycles. The standard InChI is InChI=1S/C22H22N6O4S/c1-13(29)31-12-18-24-19(26-32-18)14-5-3-6-15(9-14)28-11-16-7-4-8-27(16)20-17(21(28)30)10-23-22(25-20)33-2/h3,5-6,9-10,16H,4,7-8,11-12H2,1-2H3/t16-/m0/s1. The highest BCUT2D eigenvalue weighted by molar-refractivity contribution is 7.98. The Morgan fingerprint density at radius 1 is 1.33 bits per heavy atom. The highest BCUT2D eigenvalue weighted by atomic mass is 32.2. The SMILES string of the molecule is CSc1ncc2c(n1)N1CCC[C@H]1CN(c1cccc(-c3noc(COC(C)=O)n3)c1)C2=O. The summed E-state index contributed by atoms with van der Waals surface area (Å²) >= 11 is 1.46. The predicted molar refractivity (Wildman–Crippen MR) is 121 cm³/mol. The Morgan fingerprint density at radius 3 is 3.03 bits per heavy atom. The number of hydrogen-bond acceptors (Lipinski definition) is 10. The third-order valence-electron chi connectivity index (χ3n) is 5.73. The first-order valence-corrected chi connectivity index (χ1v) is 11.8. The molecule has 4 heterocycles. The predicted octanol–water partition coefficient (Wildman–Crippen LogP) is 2.94. The number of fused-ring (bicyclic) bond motifs is 3. The lowest BCUT2D eigenvalue weighted by molar-refractivity contribution is -0.143. The molecule has 1 fully saturated rings. The number of rotatable bonds is 5. The minimum atomic E-state index is -0.425. The summed E-state index contributed by atoms with van der Waals surface area (Å²) in [7, 11) is 0. The van der Waals surface area contributed by atoms with Crippen LogP contribution >= 0.6 is 11.8 Å². The third-order valence-corrected chi connectivity index (χ3v) is 6.29. The van der Waals surface area contributed by atoms with E-state index in [4.69, 9.17) is 9.26 Å². The number of nitrogens with zero attached hydrogens (tertiary/aromatic N) is 6. The van der Waals surface area contributed by atoms with E-state index in [2.05, 4.69) is 25.0 Å². The number of thioether (sulfide) groups is 1. The van der Waals surface area contributed by atoms with Crippen LogP contribution in [-0.4, -0.2) is 57.4 Å². The molecule has 3 aromatic rings. The zero-order valence-corrected chi connectivity index (χ0v) is 19.0. The van der Waals surface area contributed by atoms with Gasteiger partial charge in [-0.2, -0.15) is 4.98 Å². The molecule has 0 spiro atoms. The second-order valence-electron chi connectivity index (χ2n) is 7.84. The first kappa shape index (κ1) is 21.4. The molecule has 0 bridgehead atoms. The molecule has 2 aromatic heterocycles. The van der Waals surface area contributed by atoms with Crippen molar-refractivity contribution < 1.29 is 18.8 Å². The van der Waals surface area contributed by atoms with Crippen molar-refractivity contribution >= 4 is 35.1 Å². The van der Waals surface area contributed by atoms with Crippen LogP contribution < -0.4 is 9.80 Å². The smallest absolute Gasteiger partial charge is 0.303 e. The second-order valence-corrected chi connectivity index (χ2v) is 8.61. The highest BCUT2D eigenvalue weighted by Crippen LogP contribution is 2.35. The summed E-state index contributed by atoms with van der Waals surface area (Å²) in [6, 6.07) is 7.63. The molecule has 11 heteroatoms. The average molecular weight is 467 g/mol. The van der Waals surface area contributed by atoms with Gasteiger partial charge in [0.2, 0.25) is 5.82 Å². The number of esters is 1. The zero-order chi connectivity index (χ0) is 22.9.